The van der Waals surface area contributed by atoms with Crippen LogP contribution in [0.2, 0.25) is 0 Å². The van der Waals surface area contributed by atoms with Crippen molar-refractivity contribution in [1.82, 2.24) is 4.90 Å². The zero-order valence-corrected chi connectivity index (χ0v) is 13.8. The minimum absolute atomic E-state index is 0.0115. The minimum atomic E-state index is -1.04. The van der Waals surface area contributed by atoms with Gasteiger partial charge in [-0.3, -0.25) is 14.9 Å². The maximum atomic E-state index is 12.2. The molecule has 0 spiro atoms. The van der Waals surface area contributed by atoms with Crippen LogP contribution in [0.15, 0.2) is 24.3 Å². The molecule has 1 aromatic rings. The van der Waals surface area contributed by atoms with E-state index in [1.807, 2.05) is 0 Å². The largest absolute Gasteiger partial charge is 0.481 e. The Kier molecular flexibility index (Phi) is 4.77. The molecule has 8 nitrogen and oxygen atoms in total. The monoisotopic (exact) mass is 336 g/mol. The van der Waals surface area contributed by atoms with E-state index in [0.29, 0.717) is 5.56 Å². The molecule has 0 radical (unpaired) electrons. The third kappa shape index (κ3) is 4.01. The van der Waals surface area contributed by atoms with Crippen molar-refractivity contribution in [3.63, 3.8) is 0 Å². The number of amides is 1. The molecule has 1 amide bonds. The van der Waals surface area contributed by atoms with Gasteiger partial charge in [0.05, 0.1) is 10.8 Å². The highest BCUT2D eigenvalue weighted by Gasteiger charge is 2.42. The van der Waals surface area contributed by atoms with E-state index in [2.05, 4.69) is 0 Å². The molecule has 2 rings (SSSR count). The predicted octanol–water partition coefficient (Wildman–Crippen LogP) is 2.63. The summed E-state index contributed by atoms with van der Waals surface area (Å²) in [5, 5.41) is 20.4. The zero-order valence-electron chi connectivity index (χ0n) is 13.8. The number of carboxylic acid groups (broad SMARTS) is 1. The molecule has 1 saturated heterocycles. The molecule has 1 N–H and O–H groups in total. The van der Waals surface area contributed by atoms with Crippen LogP contribution in [0.4, 0.5) is 10.5 Å². The summed E-state index contributed by atoms with van der Waals surface area (Å²) in [5.41, 5.74) is -0.255. The van der Waals surface area contributed by atoms with E-state index in [0.717, 1.165) is 0 Å². The summed E-state index contributed by atoms with van der Waals surface area (Å²) in [7, 11) is 0. The molecule has 0 bridgehead atoms. The van der Waals surface area contributed by atoms with Crippen molar-refractivity contribution in [3.8, 4) is 0 Å². The second-order valence-corrected chi connectivity index (χ2v) is 6.79. The summed E-state index contributed by atoms with van der Waals surface area (Å²) in [6.07, 6.45) is -0.582. The second-order valence-electron chi connectivity index (χ2n) is 6.79. The van der Waals surface area contributed by atoms with Crippen LogP contribution in [-0.2, 0) is 9.53 Å². The van der Waals surface area contributed by atoms with Crippen LogP contribution in [0.1, 0.15) is 32.3 Å². The zero-order chi connectivity index (χ0) is 18.1. The molecule has 0 aromatic heterocycles. The van der Waals surface area contributed by atoms with Gasteiger partial charge in [0.25, 0.3) is 5.69 Å². The van der Waals surface area contributed by atoms with Gasteiger partial charge in [-0.1, -0.05) is 12.1 Å². The highest BCUT2D eigenvalue weighted by atomic mass is 16.6. The topological polar surface area (TPSA) is 110 Å². The number of hydrogen-bond donors (Lipinski definition) is 1. The Morgan fingerprint density at radius 3 is 2.54 bits per heavy atom. The first-order valence-corrected chi connectivity index (χ1v) is 7.53. The molecule has 2 atom stereocenters. The third-order valence-corrected chi connectivity index (χ3v) is 3.80. The second kappa shape index (κ2) is 6.46. The fourth-order valence-electron chi connectivity index (χ4n) is 2.74. The van der Waals surface area contributed by atoms with Crippen molar-refractivity contribution >= 4 is 17.7 Å². The van der Waals surface area contributed by atoms with Crippen molar-refractivity contribution in [1.29, 1.82) is 0 Å². The smallest absolute Gasteiger partial charge is 0.410 e. The Morgan fingerprint density at radius 1 is 1.33 bits per heavy atom. The number of non-ortho nitro benzene ring substituents is 1. The molecule has 1 aliphatic rings. The summed E-state index contributed by atoms with van der Waals surface area (Å²) < 4.78 is 5.28. The molecular weight excluding hydrogens is 316 g/mol. The van der Waals surface area contributed by atoms with Gasteiger partial charge in [0.15, 0.2) is 0 Å². The number of nitro benzene ring substituents is 1. The van der Waals surface area contributed by atoms with Crippen molar-refractivity contribution < 1.29 is 24.4 Å². The summed E-state index contributed by atoms with van der Waals surface area (Å²) in [6.45, 7) is 5.35. The van der Waals surface area contributed by atoms with Crippen LogP contribution in [0.3, 0.4) is 0 Å². The van der Waals surface area contributed by atoms with Gasteiger partial charge in [0.1, 0.15) is 5.60 Å². The van der Waals surface area contributed by atoms with E-state index in [1.165, 1.54) is 23.1 Å². The van der Waals surface area contributed by atoms with Gasteiger partial charge < -0.3 is 14.7 Å². The summed E-state index contributed by atoms with van der Waals surface area (Å²) in [5.74, 6) is -2.40. The fraction of sp³-hybridized carbons (Fsp3) is 0.500. The Balaban J connectivity index is 2.25. The Labute approximate surface area is 139 Å². The molecular formula is C16H20N2O6. The highest BCUT2D eigenvalue weighted by Crippen LogP contribution is 2.35. The van der Waals surface area contributed by atoms with Gasteiger partial charge in [0.2, 0.25) is 0 Å². The average Bonchev–Trinajstić information content (AvgIpc) is 2.91. The molecule has 0 aliphatic carbocycles. The van der Waals surface area contributed by atoms with E-state index < -0.39 is 34.4 Å². The van der Waals surface area contributed by atoms with Crippen molar-refractivity contribution in [2.45, 2.75) is 32.3 Å². The lowest BCUT2D eigenvalue weighted by molar-refractivity contribution is -0.384. The van der Waals surface area contributed by atoms with E-state index in [9.17, 15) is 24.8 Å². The molecule has 1 heterocycles. The maximum Gasteiger partial charge on any atom is 0.410 e. The standard InChI is InChI=1S/C16H20N2O6/c1-16(2,3)24-15(21)17-8-12(13(9-17)14(19)20)10-5-4-6-11(7-10)18(22)23/h4-7,12-13H,8-9H2,1-3H3,(H,19,20)/t12-,13+/m1/s1. The SMILES string of the molecule is CC(C)(C)OC(=O)N1C[C@H](C(=O)O)[C@@H](c2cccc([N+](=O)[O-])c2)C1. The van der Waals surface area contributed by atoms with Crippen LogP contribution < -0.4 is 0 Å². The van der Waals surface area contributed by atoms with E-state index in [1.54, 1.807) is 26.8 Å². The number of nitrogens with zero attached hydrogens (tertiary/aromatic N) is 2. The number of carbonyl (C=O) groups is 2. The molecule has 8 heteroatoms. The molecule has 0 saturated carbocycles. The quantitative estimate of drug-likeness (QED) is 0.671. The number of benzene rings is 1. The first kappa shape index (κ1) is 17.7. The average molecular weight is 336 g/mol. The van der Waals surface area contributed by atoms with Crippen molar-refractivity contribution in [2.75, 3.05) is 13.1 Å². The predicted molar refractivity (Wildman–Crippen MR) is 84.8 cm³/mol. The van der Waals surface area contributed by atoms with Gasteiger partial charge >= 0.3 is 12.1 Å². The number of carboxylic acids is 1. The Morgan fingerprint density at radius 2 is 2.00 bits per heavy atom. The fourth-order valence-corrected chi connectivity index (χ4v) is 2.74. The van der Waals surface area contributed by atoms with Gasteiger partial charge in [-0.05, 0) is 26.3 Å². The molecule has 24 heavy (non-hydrogen) atoms. The molecule has 130 valence electrons. The van der Waals surface area contributed by atoms with Crippen LogP contribution >= 0.6 is 0 Å². The normalized spacial score (nSPS) is 20.7. The summed E-state index contributed by atoms with van der Waals surface area (Å²) >= 11 is 0. The lowest BCUT2D eigenvalue weighted by atomic mass is 9.89. The highest BCUT2D eigenvalue weighted by molar-refractivity contribution is 5.76. The number of nitro groups is 1. The summed E-state index contributed by atoms with van der Waals surface area (Å²) in [4.78, 5) is 35.5. The summed E-state index contributed by atoms with van der Waals surface area (Å²) in [6, 6.07) is 5.87. The van der Waals surface area contributed by atoms with E-state index in [-0.39, 0.29) is 18.8 Å². The molecule has 0 unspecified atom stereocenters. The Hall–Kier alpha value is -2.64. The number of ether oxygens (including phenoxy) is 1. The van der Waals surface area contributed by atoms with E-state index in [4.69, 9.17) is 4.74 Å². The first-order valence-electron chi connectivity index (χ1n) is 7.53. The molecule has 1 aromatic carbocycles. The van der Waals surface area contributed by atoms with Crippen LogP contribution in [-0.4, -0.2) is 45.7 Å². The van der Waals surface area contributed by atoms with Crippen molar-refractivity contribution in [3.05, 3.63) is 39.9 Å². The number of rotatable bonds is 3. The van der Waals surface area contributed by atoms with Crippen LogP contribution in [0.5, 0.6) is 0 Å². The lowest BCUT2D eigenvalue weighted by Crippen LogP contribution is -2.35. The van der Waals surface area contributed by atoms with Crippen molar-refractivity contribution in [2.24, 2.45) is 5.92 Å². The third-order valence-electron chi connectivity index (χ3n) is 3.80. The minimum Gasteiger partial charge on any atom is -0.481 e. The van der Waals surface area contributed by atoms with Crippen LogP contribution in [0, 0.1) is 16.0 Å². The number of hydrogen-bond acceptors (Lipinski definition) is 5. The van der Waals surface area contributed by atoms with Gasteiger partial charge in [-0.2, -0.15) is 0 Å². The van der Waals surface area contributed by atoms with Crippen LogP contribution in [0.25, 0.3) is 0 Å². The lowest BCUT2D eigenvalue weighted by Gasteiger charge is -2.24. The van der Waals surface area contributed by atoms with E-state index >= 15 is 0 Å². The van der Waals surface area contributed by atoms with Gasteiger partial charge in [-0.15, -0.1) is 0 Å². The number of likely N-dealkylation sites (tertiary alicyclic amines) is 1. The number of carbonyl (C=O) groups excluding carboxylic acids is 1. The number of aliphatic carboxylic acids is 1. The maximum absolute atomic E-state index is 12.2. The van der Waals surface area contributed by atoms with Gasteiger partial charge in [0, 0.05) is 31.1 Å². The first-order chi connectivity index (χ1) is 11.1. The molecule has 1 aliphatic heterocycles. The molecule has 1 fully saturated rings. The van der Waals surface area contributed by atoms with Gasteiger partial charge in [-0.25, -0.2) is 4.79 Å². The Bertz CT molecular complexity index is 667.